The minimum absolute atomic E-state index is 0.0550. The van der Waals surface area contributed by atoms with Crippen molar-refractivity contribution in [2.24, 2.45) is 0 Å². The van der Waals surface area contributed by atoms with Gasteiger partial charge in [-0.05, 0) is 32.4 Å². The van der Waals surface area contributed by atoms with E-state index in [-0.39, 0.29) is 17.7 Å². The minimum atomic E-state index is -0.451. The fraction of sp³-hybridized carbons (Fsp3) is 0.600. The van der Waals surface area contributed by atoms with E-state index in [0.29, 0.717) is 37.9 Å². The minimum Gasteiger partial charge on any atom is -0.390 e. The van der Waals surface area contributed by atoms with Crippen LogP contribution < -0.4 is 0 Å². The molecule has 2 atom stereocenters. The zero-order valence-corrected chi connectivity index (χ0v) is 14.8. The Morgan fingerprint density at radius 1 is 1.00 bits per heavy atom. The summed E-state index contributed by atoms with van der Waals surface area (Å²) in [5.74, 6) is 0.139. The lowest BCUT2D eigenvalue weighted by atomic mass is 10.1. The highest BCUT2D eigenvalue weighted by Gasteiger charge is 2.37. The SMILES string of the molecule is O=C(CCCC(=O)N1C[C@H](O)[C@@H](N2CCCCC2)C1)c1ccccc1. The molecule has 0 saturated carbocycles. The average Bonchev–Trinajstić information content (AvgIpc) is 3.05. The van der Waals surface area contributed by atoms with Crippen molar-refractivity contribution >= 4 is 11.7 Å². The molecule has 1 N–H and O–H groups in total. The van der Waals surface area contributed by atoms with Gasteiger partial charge in [-0.1, -0.05) is 36.8 Å². The largest absolute Gasteiger partial charge is 0.390 e. The fourth-order valence-corrected chi connectivity index (χ4v) is 3.91. The second kappa shape index (κ2) is 8.59. The number of amides is 1. The summed E-state index contributed by atoms with van der Waals surface area (Å²) in [5, 5.41) is 10.3. The molecule has 2 saturated heterocycles. The van der Waals surface area contributed by atoms with Crippen LogP contribution in [0.15, 0.2) is 30.3 Å². The summed E-state index contributed by atoms with van der Waals surface area (Å²) >= 11 is 0. The van der Waals surface area contributed by atoms with Gasteiger partial charge in [0, 0.05) is 31.5 Å². The van der Waals surface area contributed by atoms with Crippen molar-refractivity contribution in [1.82, 2.24) is 9.80 Å². The molecule has 1 aromatic carbocycles. The number of carbonyl (C=O) groups is 2. The van der Waals surface area contributed by atoms with Crippen molar-refractivity contribution in [3.05, 3.63) is 35.9 Å². The van der Waals surface area contributed by atoms with Crippen LogP contribution in [0.1, 0.15) is 48.9 Å². The van der Waals surface area contributed by atoms with Crippen molar-refractivity contribution in [3.8, 4) is 0 Å². The number of likely N-dealkylation sites (tertiary alicyclic amines) is 2. The Morgan fingerprint density at radius 3 is 2.44 bits per heavy atom. The molecule has 2 heterocycles. The second-order valence-electron chi connectivity index (χ2n) is 7.17. The first kappa shape index (κ1) is 18.1. The Hall–Kier alpha value is -1.72. The Morgan fingerprint density at radius 2 is 1.72 bits per heavy atom. The number of aliphatic hydroxyl groups excluding tert-OH is 1. The van der Waals surface area contributed by atoms with E-state index >= 15 is 0 Å². The molecule has 0 radical (unpaired) electrons. The first-order chi connectivity index (χ1) is 12.1. The van der Waals surface area contributed by atoms with Gasteiger partial charge in [0.2, 0.25) is 5.91 Å². The Bertz CT molecular complexity index is 584. The second-order valence-corrected chi connectivity index (χ2v) is 7.17. The molecule has 0 spiro atoms. The lowest BCUT2D eigenvalue weighted by Crippen LogP contribution is -2.46. The van der Waals surface area contributed by atoms with Gasteiger partial charge >= 0.3 is 0 Å². The van der Waals surface area contributed by atoms with Crippen LogP contribution in [0.25, 0.3) is 0 Å². The van der Waals surface area contributed by atoms with Gasteiger partial charge < -0.3 is 10.0 Å². The molecule has 2 aliphatic rings. The molecule has 136 valence electrons. The lowest BCUT2D eigenvalue weighted by molar-refractivity contribution is -0.130. The predicted octanol–water partition coefficient (Wildman–Crippen LogP) is 2.10. The standard InChI is InChI=1S/C20H28N2O3/c23-18(16-8-3-1-4-9-16)10-7-11-20(25)22-14-17(19(24)15-22)21-12-5-2-6-13-21/h1,3-4,8-9,17,19,24H,2,5-7,10-15H2/t17-,19-/m0/s1. The number of benzene rings is 1. The van der Waals surface area contributed by atoms with Crippen molar-refractivity contribution in [2.75, 3.05) is 26.2 Å². The van der Waals surface area contributed by atoms with E-state index in [1.54, 1.807) is 4.90 Å². The van der Waals surface area contributed by atoms with Crippen LogP contribution in [0.5, 0.6) is 0 Å². The topological polar surface area (TPSA) is 60.9 Å². The van der Waals surface area contributed by atoms with E-state index in [9.17, 15) is 14.7 Å². The van der Waals surface area contributed by atoms with E-state index in [1.165, 1.54) is 19.3 Å². The van der Waals surface area contributed by atoms with Crippen LogP contribution in [-0.2, 0) is 4.79 Å². The quantitative estimate of drug-likeness (QED) is 0.803. The third-order valence-corrected chi connectivity index (χ3v) is 5.36. The zero-order chi connectivity index (χ0) is 17.6. The van der Waals surface area contributed by atoms with Gasteiger partial charge in [0.15, 0.2) is 5.78 Å². The molecule has 0 unspecified atom stereocenters. The fourth-order valence-electron chi connectivity index (χ4n) is 3.91. The maximum Gasteiger partial charge on any atom is 0.222 e. The molecule has 0 bridgehead atoms. The smallest absolute Gasteiger partial charge is 0.222 e. The van der Waals surface area contributed by atoms with Gasteiger partial charge in [-0.3, -0.25) is 14.5 Å². The summed E-state index contributed by atoms with van der Waals surface area (Å²) < 4.78 is 0. The summed E-state index contributed by atoms with van der Waals surface area (Å²) in [4.78, 5) is 28.6. The van der Waals surface area contributed by atoms with Gasteiger partial charge in [0.25, 0.3) is 0 Å². The third-order valence-electron chi connectivity index (χ3n) is 5.36. The van der Waals surface area contributed by atoms with Crippen LogP contribution >= 0.6 is 0 Å². The van der Waals surface area contributed by atoms with Gasteiger partial charge in [-0.25, -0.2) is 0 Å². The Kier molecular flexibility index (Phi) is 6.21. The van der Waals surface area contributed by atoms with Crippen molar-refractivity contribution < 1.29 is 14.7 Å². The monoisotopic (exact) mass is 344 g/mol. The molecule has 0 aromatic heterocycles. The van der Waals surface area contributed by atoms with Crippen molar-refractivity contribution in [1.29, 1.82) is 0 Å². The average molecular weight is 344 g/mol. The molecular formula is C20H28N2O3. The van der Waals surface area contributed by atoms with Crippen molar-refractivity contribution in [3.63, 3.8) is 0 Å². The highest BCUT2D eigenvalue weighted by atomic mass is 16.3. The molecule has 0 aliphatic carbocycles. The highest BCUT2D eigenvalue weighted by molar-refractivity contribution is 5.96. The van der Waals surface area contributed by atoms with Gasteiger partial charge in [0.05, 0.1) is 12.1 Å². The number of rotatable bonds is 6. The third kappa shape index (κ3) is 4.67. The molecule has 5 nitrogen and oxygen atoms in total. The van der Waals surface area contributed by atoms with E-state index in [2.05, 4.69) is 4.90 Å². The van der Waals surface area contributed by atoms with E-state index in [1.807, 2.05) is 30.3 Å². The van der Waals surface area contributed by atoms with Crippen LogP contribution in [0.3, 0.4) is 0 Å². The Labute approximate surface area is 149 Å². The number of Topliss-reactive ketones (excluding diaryl/α,β-unsaturated/α-hetero) is 1. The predicted molar refractivity (Wildman–Crippen MR) is 96.4 cm³/mol. The van der Waals surface area contributed by atoms with Gasteiger partial charge in [-0.15, -0.1) is 0 Å². The molecular weight excluding hydrogens is 316 g/mol. The maximum absolute atomic E-state index is 12.4. The number of ketones is 1. The maximum atomic E-state index is 12.4. The van der Waals surface area contributed by atoms with E-state index < -0.39 is 6.10 Å². The highest BCUT2D eigenvalue weighted by Crippen LogP contribution is 2.21. The molecule has 1 aromatic rings. The number of carbonyl (C=O) groups excluding carboxylic acids is 2. The van der Waals surface area contributed by atoms with Crippen LogP contribution in [-0.4, -0.2) is 64.9 Å². The summed E-state index contributed by atoms with van der Waals surface area (Å²) in [6.07, 6.45) is 4.50. The summed E-state index contributed by atoms with van der Waals surface area (Å²) in [7, 11) is 0. The Balaban J connectivity index is 1.43. The van der Waals surface area contributed by atoms with Crippen LogP contribution in [0, 0.1) is 0 Å². The number of aliphatic hydroxyl groups is 1. The summed E-state index contributed by atoms with van der Waals surface area (Å²) in [5.41, 5.74) is 0.705. The zero-order valence-electron chi connectivity index (χ0n) is 14.8. The van der Waals surface area contributed by atoms with E-state index in [4.69, 9.17) is 0 Å². The lowest BCUT2D eigenvalue weighted by Gasteiger charge is -2.33. The summed E-state index contributed by atoms with van der Waals surface area (Å²) in [6, 6.07) is 9.29. The number of piperidine rings is 1. The number of β-amino-alcohol motifs (C(OH)–C–C–N with tert-alkyl or cyclic N) is 1. The number of nitrogens with zero attached hydrogens (tertiary/aromatic N) is 2. The molecule has 2 fully saturated rings. The number of hydrogen-bond acceptors (Lipinski definition) is 4. The van der Waals surface area contributed by atoms with Crippen LogP contribution in [0.2, 0.25) is 0 Å². The normalized spacial score (nSPS) is 24.4. The molecule has 3 rings (SSSR count). The molecule has 5 heteroatoms. The molecule has 25 heavy (non-hydrogen) atoms. The van der Waals surface area contributed by atoms with Gasteiger partial charge in [0.1, 0.15) is 0 Å². The summed E-state index contributed by atoms with van der Waals surface area (Å²) in [6.45, 7) is 3.09. The first-order valence-electron chi connectivity index (χ1n) is 9.43. The van der Waals surface area contributed by atoms with Gasteiger partial charge in [-0.2, -0.15) is 0 Å². The van der Waals surface area contributed by atoms with E-state index in [0.717, 1.165) is 13.1 Å². The number of hydrogen-bond donors (Lipinski definition) is 1. The molecule has 1 amide bonds. The van der Waals surface area contributed by atoms with Crippen LogP contribution in [0.4, 0.5) is 0 Å². The van der Waals surface area contributed by atoms with Crippen molar-refractivity contribution in [2.45, 2.75) is 50.7 Å². The first-order valence-corrected chi connectivity index (χ1v) is 9.43. The molecule has 2 aliphatic heterocycles.